The summed E-state index contributed by atoms with van der Waals surface area (Å²) in [4.78, 5) is 44.7. The molecule has 0 aromatic heterocycles. The van der Waals surface area contributed by atoms with Crippen molar-refractivity contribution in [2.75, 3.05) is 7.11 Å². The number of methoxy groups -OCH3 is 1. The van der Waals surface area contributed by atoms with Gasteiger partial charge < -0.3 is 35.2 Å². The van der Waals surface area contributed by atoms with E-state index in [4.69, 9.17) is 34.5 Å². The standard InChI is InChI=1S/C15H26N2O4.H3O4P/c1-5-11(6-2)21-13-8-10(15(19)20-4)7-12(16)14(13)17-9(3)18;1-5(2,3)4/h8,11-14H,5-7,16H2,1-4H3,(H,17,18);(H3,1,2,3,4). The minimum atomic E-state index is -4.64. The van der Waals surface area contributed by atoms with E-state index in [0.717, 1.165) is 12.8 Å². The molecule has 0 bridgehead atoms. The van der Waals surface area contributed by atoms with Crippen LogP contribution in [0, 0.1) is 0 Å². The van der Waals surface area contributed by atoms with Crippen molar-refractivity contribution in [3.8, 4) is 0 Å². The number of nitrogens with one attached hydrogen (secondary N) is 1. The summed E-state index contributed by atoms with van der Waals surface area (Å²) in [6.45, 7) is 5.52. The first-order valence-corrected chi connectivity index (χ1v) is 9.74. The second kappa shape index (κ2) is 11.4. The van der Waals surface area contributed by atoms with Gasteiger partial charge in [-0.1, -0.05) is 13.8 Å². The molecule has 0 radical (unpaired) electrons. The molecule has 6 N–H and O–H groups in total. The lowest BCUT2D eigenvalue weighted by Crippen LogP contribution is -2.57. The molecule has 0 aliphatic heterocycles. The van der Waals surface area contributed by atoms with Gasteiger partial charge in [-0.2, -0.15) is 0 Å². The van der Waals surface area contributed by atoms with E-state index in [2.05, 4.69) is 5.32 Å². The predicted molar refractivity (Wildman–Crippen MR) is 93.8 cm³/mol. The van der Waals surface area contributed by atoms with Gasteiger partial charge in [0.15, 0.2) is 0 Å². The first-order chi connectivity index (χ1) is 11.9. The molecule has 0 aromatic rings. The molecule has 1 aliphatic carbocycles. The third-order valence-corrected chi connectivity index (χ3v) is 3.71. The molecule has 152 valence electrons. The Balaban J connectivity index is 0.00000110. The number of amides is 1. The van der Waals surface area contributed by atoms with Crippen LogP contribution in [-0.2, 0) is 23.6 Å². The van der Waals surface area contributed by atoms with E-state index in [1.54, 1.807) is 6.08 Å². The van der Waals surface area contributed by atoms with Crippen LogP contribution in [0.4, 0.5) is 0 Å². The summed E-state index contributed by atoms with van der Waals surface area (Å²) < 4.78 is 19.7. The van der Waals surface area contributed by atoms with Crippen LogP contribution in [0.15, 0.2) is 11.6 Å². The number of phosphoric acid groups is 1. The van der Waals surface area contributed by atoms with Crippen molar-refractivity contribution in [2.24, 2.45) is 5.73 Å². The van der Waals surface area contributed by atoms with Gasteiger partial charge >= 0.3 is 13.8 Å². The SMILES string of the molecule is CCC(CC)OC1C=C(C(=O)OC)CC(N)C1NC(C)=O.O=P(O)(O)O. The van der Waals surface area contributed by atoms with Crippen LogP contribution in [0.1, 0.15) is 40.0 Å². The Morgan fingerprint density at radius 3 is 2.23 bits per heavy atom. The Labute approximate surface area is 153 Å². The highest BCUT2D eigenvalue weighted by Crippen LogP contribution is 2.26. The summed E-state index contributed by atoms with van der Waals surface area (Å²) in [7, 11) is -3.30. The van der Waals surface area contributed by atoms with E-state index in [-0.39, 0.29) is 24.1 Å². The number of esters is 1. The van der Waals surface area contributed by atoms with Crippen molar-refractivity contribution in [1.29, 1.82) is 0 Å². The van der Waals surface area contributed by atoms with E-state index in [9.17, 15) is 9.59 Å². The molecule has 0 saturated heterocycles. The van der Waals surface area contributed by atoms with Gasteiger partial charge in [-0.05, 0) is 25.3 Å². The Morgan fingerprint density at radius 1 is 1.35 bits per heavy atom. The lowest BCUT2D eigenvalue weighted by atomic mass is 9.88. The molecule has 0 spiro atoms. The first-order valence-electron chi connectivity index (χ1n) is 8.18. The highest BCUT2D eigenvalue weighted by molar-refractivity contribution is 7.45. The molecule has 10 nitrogen and oxygen atoms in total. The number of carbonyl (C=O) groups excluding carboxylic acids is 2. The van der Waals surface area contributed by atoms with Gasteiger partial charge in [0.1, 0.15) is 0 Å². The fraction of sp³-hybridized carbons (Fsp3) is 0.733. The van der Waals surface area contributed by atoms with Crippen LogP contribution < -0.4 is 11.1 Å². The maximum atomic E-state index is 11.7. The van der Waals surface area contributed by atoms with E-state index in [0.29, 0.717) is 12.0 Å². The molecule has 1 aliphatic rings. The minimum absolute atomic E-state index is 0.0618. The van der Waals surface area contributed by atoms with E-state index >= 15 is 0 Å². The van der Waals surface area contributed by atoms with Gasteiger partial charge in [0.05, 0.1) is 25.4 Å². The van der Waals surface area contributed by atoms with Crippen molar-refractivity contribution in [2.45, 2.75) is 64.3 Å². The zero-order valence-corrected chi connectivity index (χ0v) is 16.3. The summed E-state index contributed by atoms with van der Waals surface area (Å²) in [5.74, 6) is -0.562. The van der Waals surface area contributed by atoms with Crippen LogP contribution in [0.2, 0.25) is 0 Å². The third-order valence-electron chi connectivity index (χ3n) is 3.71. The van der Waals surface area contributed by atoms with Crippen molar-refractivity contribution in [3.05, 3.63) is 11.6 Å². The van der Waals surface area contributed by atoms with Crippen molar-refractivity contribution < 1.29 is 38.3 Å². The van der Waals surface area contributed by atoms with Crippen LogP contribution in [0.25, 0.3) is 0 Å². The van der Waals surface area contributed by atoms with Crippen LogP contribution >= 0.6 is 7.82 Å². The van der Waals surface area contributed by atoms with Crippen LogP contribution in [0.5, 0.6) is 0 Å². The highest BCUT2D eigenvalue weighted by Gasteiger charge is 2.35. The average Bonchev–Trinajstić information content (AvgIpc) is 2.52. The smallest absolute Gasteiger partial charge is 0.466 e. The van der Waals surface area contributed by atoms with Gasteiger partial charge in [0, 0.05) is 18.5 Å². The van der Waals surface area contributed by atoms with Gasteiger partial charge in [-0.25, -0.2) is 9.36 Å². The molecule has 11 heteroatoms. The Morgan fingerprint density at radius 2 is 1.85 bits per heavy atom. The maximum Gasteiger partial charge on any atom is 0.466 e. The van der Waals surface area contributed by atoms with Crippen molar-refractivity contribution >= 4 is 19.7 Å². The fourth-order valence-corrected chi connectivity index (χ4v) is 2.53. The summed E-state index contributed by atoms with van der Waals surface area (Å²) in [6.07, 6.45) is 3.45. The summed E-state index contributed by atoms with van der Waals surface area (Å²) in [5, 5.41) is 2.83. The molecule has 0 aromatic carbocycles. The number of hydrogen-bond acceptors (Lipinski definition) is 6. The molecular formula is C15H29N2O8P. The predicted octanol–water partition coefficient (Wildman–Crippen LogP) is -0.0333. The molecule has 1 rings (SSSR count). The maximum absolute atomic E-state index is 11.7. The second-order valence-electron chi connectivity index (χ2n) is 5.83. The van der Waals surface area contributed by atoms with Crippen molar-refractivity contribution in [3.63, 3.8) is 0 Å². The Bertz CT molecular complexity index is 535. The Hall–Kier alpha value is -1.29. The van der Waals surface area contributed by atoms with Crippen LogP contribution in [0.3, 0.4) is 0 Å². The summed E-state index contributed by atoms with van der Waals surface area (Å²) in [5.41, 5.74) is 6.62. The topological polar surface area (TPSA) is 168 Å². The lowest BCUT2D eigenvalue weighted by Gasteiger charge is -2.36. The van der Waals surface area contributed by atoms with E-state index in [1.807, 2.05) is 13.8 Å². The van der Waals surface area contributed by atoms with E-state index in [1.165, 1.54) is 14.0 Å². The molecule has 0 saturated carbocycles. The molecule has 3 unspecified atom stereocenters. The quantitative estimate of drug-likeness (QED) is 0.306. The molecule has 3 atom stereocenters. The number of hydrogen-bond donors (Lipinski definition) is 5. The number of carbonyl (C=O) groups is 2. The third kappa shape index (κ3) is 10.0. The van der Waals surface area contributed by atoms with Gasteiger partial charge in [-0.3, -0.25) is 4.79 Å². The van der Waals surface area contributed by atoms with Gasteiger partial charge in [-0.15, -0.1) is 0 Å². The van der Waals surface area contributed by atoms with Crippen molar-refractivity contribution in [1.82, 2.24) is 5.32 Å². The summed E-state index contributed by atoms with van der Waals surface area (Å²) in [6, 6.07) is -0.719. The Kier molecular flexibility index (Phi) is 10.9. The number of ether oxygens (including phenoxy) is 2. The number of rotatable bonds is 6. The summed E-state index contributed by atoms with van der Waals surface area (Å²) >= 11 is 0. The average molecular weight is 396 g/mol. The minimum Gasteiger partial charge on any atom is -0.466 e. The molecule has 0 fully saturated rings. The van der Waals surface area contributed by atoms with Gasteiger partial charge in [0.2, 0.25) is 5.91 Å². The highest BCUT2D eigenvalue weighted by atomic mass is 31.2. The molecule has 26 heavy (non-hydrogen) atoms. The molecule has 0 heterocycles. The largest absolute Gasteiger partial charge is 0.466 e. The van der Waals surface area contributed by atoms with Crippen LogP contribution in [-0.4, -0.2) is 58.0 Å². The molecular weight excluding hydrogens is 367 g/mol. The fourth-order valence-electron chi connectivity index (χ4n) is 2.53. The number of nitrogens with two attached hydrogens (primary N) is 1. The second-order valence-corrected chi connectivity index (χ2v) is 6.86. The monoisotopic (exact) mass is 396 g/mol. The lowest BCUT2D eigenvalue weighted by molar-refractivity contribution is -0.136. The van der Waals surface area contributed by atoms with Gasteiger partial charge in [0.25, 0.3) is 0 Å². The first kappa shape index (κ1) is 24.7. The van der Waals surface area contributed by atoms with E-state index < -0.39 is 19.9 Å². The zero-order chi connectivity index (χ0) is 20.5. The zero-order valence-electron chi connectivity index (χ0n) is 15.4. The normalized spacial score (nSPS) is 22.8. The molecule has 1 amide bonds.